The van der Waals surface area contributed by atoms with Gasteiger partial charge in [0.15, 0.2) is 0 Å². The fourth-order valence-corrected chi connectivity index (χ4v) is 2.41. The highest BCUT2D eigenvalue weighted by Crippen LogP contribution is 2.33. The van der Waals surface area contributed by atoms with Crippen molar-refractivity contribution in [2.75, 3.05) is 25.1 Å². The summed E-state index contributed by atoms with van der Waals surface area (Å²) < 4.78 is 4.77. The third-order valence-corrected chi connectivity index (χ3v) is 3.41. The predicted octanol–water partition coefficient (Wildman–Crippen LogP) is 2.62. The fraction of sp³-hybridized carbons (Fsp3) is 0.357. The van der Waals surface area contributed by atoms with Crippen molar-refractivity contribution in [3.63, 3.8) is 0 Å². The first-order chi connectivity index (χ1) is 9.58. The summed E-state index contributed by atoms with van der Waals surface area (Å²) in [4.78, 5) is 24.5. The summed E-state index contributed by atoms with van der Waals surface area (Å²) in [5.74, 6) is -0.495. The molecule has 0 saturated carbocycles. The number of esters is 1. The zero-order chi connectivity index (χ0) is 14.7. The molecule has 20 heavy (non-hydrogen) atoms. The van der Waals surface area contributed by atoms with E-state index in [9.17, 15) is 14.9 Å². The number of hydrogen-bond donors (Lipinski definition) is 0. The van der Waals surface area contributed by atoms with Gasteiger partial charge >= 0.3 is 5.97 Å². The van der Waals surface area contributed by atoms with Gasteiger partial charge in [0.2, 0.25) is 0 Å². The highest BCUT2D eigenvalue weighted by molar-refractivity contribution is 5.97. The summed E-state index contributed by atoms with van der Waals surface area (Å²) >= 11 is 0. The van der Waals surface area contributed by atoms with Crippen molar-refractivity contribution in [2.45, 2.75) is 12.8 Å². The van der Waals surface area contributed by atoms with Gasteiger partial charge < -0.3 is 9.64 Å². The molecule has 1 aromatic carbocycles. The normalized spacial score (nSPS) is 14.2. The molecule has 0 unspecified atom stereocenters. The summed E-state index contributed by atoms with van der Waals surface area (Å²) in [6.45, 7) is 5.13. The predicted molar refractivity (Wildman–Crippen MR) is 76.0 cm³/mol. The maximum Gasteiger partial charge on any atom is 0.339 e. The van der Waals surface area contributed by atoms with Crippen molar-refractivity contribution in [1.29, 1.82) is 0 Å². The van der Waals surface area contributed by atoms with Crippen LogP contribution >= 0.6 is 0 Å². The standard InChI is InChI=1S/C14H16N2O4/c1-3-10-8-11(14(17)20-2)13(9-12(10)16(18)19)15-6-4-5-7-15/h3,8-9H,1,4-7H2,2H3. The Morgan fingerprint density at radius 1 is 1.45 bits per heavy atom. The number of ether oxygens (including phenoxy) is 1. The molecule has 106 valence electrons. The van der Waals surface area contributed by atoms with Gasteiger partial charge in [0.25, 0.3) is 5.69 Å². The molecule has 0 radical (unpaired) electrons. The molecule has 2 rings (SSSR count). The zero-order valence-electron chi connectivity index (χ0n) is 11.3. The molecule has 6 heteroatoms. The van der Waals surface area contributed by atoms with Crippen molar-refractivity contribution in [2.24, 2.45) is 0 Å². The van der Waals surface area contributed by atoms with Crippen molar-refractivity contribution >= 4 is 23.4 Å². The van der Waals surface area contributed by atoms with E-state index in [1.807, 2.05) is 4.90 Å². The third kappa shape index (κ3) is 2.49. The molecule has 0 bridgehead atoms. The van der Waals surface area contributed by atoms with Gasteiger partial charge in [-0.15, -0.1) is 0 Å². The van der Waals surface area contributed by atoms with E-state index in [1.54, 1.807) is 0 Å². The topological polar surface area (TPSA) is 72.7 Å². The van der Waals surface area contributed by atoms with Crippen LogP contribution in [0.2, 0.25) is 0 Å². The Kier molecular flexibility index (Phi) is 4.02. The molecule has 0 amide bonds. The first-order valence-electron chi connectivity index (χ1n) is 6.36. The number of hydrogen-bond acceptors (Lipinski definition) is 5. The molecule has 1 saturated heterocycles. The number of rotatable bonds is 4. The summed E-state index contributed by atoms with van der Waals surface area (Å²) in [5, 5.41) is 11.1. The molecule has 0 spiro atoms. The van der Waals surface area contributed by atoms with Crippen LogP contribution in [-0.4, -0.2) is 31.1 Å². The van der Waals surface area contributed by atoms with Gasteiger partial charge in [-0.05, 0) is 18.9 Å². The average Bonchev–Trinajstić information content (AvgIpc) is 2.98. The van der Waals surface area contributed by atoms with Gasteiger partial charge in [0.05, 0.1) is 28.8 Å². The first-order valence-corrected chi connectivity index (χ1v) is 6.36. The number of carbonyl (C=O) groups excluding carboxylic acids is 1. The lowest BCUT2D eigenvalue weighted by Gasteiger charge is -2.20. The minimum absolute atomic E-state index is 0.0467. The lowest BCUT2D eigenvalue weighted by atomic mass is 10.1. The maximum atomic E-state index is 11.9. The summed E-state index contributed by atoms with van der Waals surface area (Å²) in [7, 11) is 1.30. The SMILES string of the molecule is C=Cc1cc(C(=O)OC)c(N2CCCC2)cc1[N+](=O)[O-]. The molecule has 1 aromatic rings. The molecule has 1 heterocycles. The van der Waals surface area contributed by atoms with Crippen LogP contribution in [0.4, 0.5) is 11.4 Å². The highest BCUT2D eigenvalue weighted by Gasteiger charge is 2.25. The molecule has 0 atom stereocenters. The van der Waals surface area contributed by atoms with Crippen LogP contribution < -0.4 is 4.90 Å². The van der Waals surface area contributed by atoms with Crippen LogP contribution in [-0.2, 0) is 4.74 Å². The summed E-state index contributed by atoms with van der Waals surface area (Å²) in [6.07, 6.45) is 3.40. The van der Waals surface area contributed by atoms with Crippen molar-refractivity contribution in [3.05, 3.63) is 40.0 Å². The first kappa shape index (κ1) is 14.0. The monoisotopic (exact) mass is 276 g/mol. The van der Waals surface area contributed by atoms with Gasteiger partial charge in [-0.2, -0.15) is 0 Å². The zero-order valence-corrected chi connectivity index (χ0v) is 11.3. The number of methoxy groups -OCH3 is 1. The number of nitrogens with zero attached hydrogens (tertiary/aromatic N) is 2. The quantitative estimate of drug-likeness (QED) is 0.480. The Balaban J connectivity index is 2.60. The molecule has 6 nitrogen and oxygen atoms in total. The molecular formula is C14H16N2O4. The van der Waals surface area contributed by atoms with Crippen LogP contribution in [0.15, 0.2) is 18.7 Å². The molecule has 1 fully saturated rings. The van der Waals surface area contributed by atoms with Gasteiger partial charge in [-0.1, -0.05) is 12.7 Å². The summed E-state index contributed by atoms with van der Waals surface area (Å²) in [6, 6.07) is 2.92. The van der Waals surface area contributed by atoms with E-state index >= 15 is 0 Å². The van der Waals surface area contributed by atoms with E-state index < -0.39 is 10.9 Å². The number of carbonyl (C=O) groups is 1. The average molecular weight is 276 g/mol. The Hall–Kier alpha value is -2.37. The second-order valence-corrected chi connectivity index (χ2v) is 4.58. The fourth-order valence-electron chi connectivity index (χ4n) is 2.41. The second kappa shape index (κ2) is 5.73. The Morgan fingerprint density at radius 2 is 2.10 bits per heavy atom. The Bertz CT molecular complexity index is 563. The number of anilines is 1. The number of nitro groups is 1. The van der Waals surface area contributed by atoms with Gasteiger partial charge in [0, 0.05) is 19.2 Å². The van der Waals surface area contributed by atoms with Gasteiger partial charge in [-0.3, -0.25) is 10.1 Å². The largest absolute Gasteiger partial charge is 0.465 e. The molecule has 0 aliphatic carbocycles. The van der Waals surface area contributed by atoms with E-state index in [2.05, 4.69) is 6.58 Å². The minimum atomic E-state index is -0.495. The molecule has 1 aliphatic rings. The number of nitro benzene ring substituents is 1. The number of benzene rings is 1. The van der Waals surface area contributed by atoms with Gasteiger partial charge in [0.1, 0.15) is 0 Å². The smallest absolute Gasteiger partial charge is 0.339 e. The van der Waals surface area contributed by atoms with E-state index in [-0.39, 0.29) is 5.69 Å². The lowest BCUT2D eigenvalue weighted by Crippen LogP contribution is -2.21. The van der Waals surface area contributed by atoms with E-state index in [1.165, 1.54) is 25.3 Å². The minimum Gasteiger partial charge on any atom is -0.465 e. The Morgan fingerprint density at radius 3 is 2.60 bits per heavy atom. The van der Waals surface area contributed by atoms with Crippen LogP contribution in [0, 0.1) is 10.1 Å². The van der Waals surface area contributed by atoms with Crippen LogP contribution in [0.5, 0.6) is 0 Å². The molecular weight excluding hydrogens is 260 g/mol. The molecule has 0 aromatic heterocycles. The molecule has 1 aliphatic heterocycles. The van der Waals surface area contributed by atoms with Crippen LogP contribution in [0.1, 0.15) is 28.8 Å². The highest BCUT2D eigenvalue weighted by atomic mass is 16.6. The molecule has 0 N–H and O–H groups in total. The van der Waals surface area contributed by atoms with E-state index in [4.69, 9.17) is 4.74 Å². The van der Waals surface area contributed by atoms with Crippen molar-refractivity contribution in [1.82, 2.24) is 0 Å². The third-order valence-electron chi connectivity index (χ3n) is 3.41. The van der Waals surface area contributed by atoms with E-state index in [0.717, 1.165) is 25.9 Å². The van der Waals surface area contributed by atoms with Crippen molar-refractivity contribution < 1.29 is 14.5 Å². The maximum absolute atomic E-state index is 11.9. The van der Waals surface area contributed by atoms with Crippen LogP contribution in [0.25, 0.3) is 6.08 Å². The summed E-state index contributed by atoms with van der Waals surface area (Å²) in [5.41, 5.74) is 1.18. The second-order valence-electron chi connectivity index (χ2n) is 4.58. The van der Waals surface area contributed by atoms with Crippen LogP contribution in [0.3, 0.4) is 0 Å². The van der Waals surface area contributed by atoms with Crippen molar-refractivity contribution in [3.8, 4) is 0 Å². The van der Waals surface area contributed by atoms with Gasteiger partial charge in [-0.25, -0.2) is 4.79 Å². The lowest BCUT2D eigenvalue weighted by molar-refractivity contribution is -0.385. The van der Waals surface area contributed by atoms with E-state index in [0.29, 0.717) is 16.8 Å². The Labute approximate surface area is 116 Å².